The minimum absolute atomic E-state index is 0.0377. The van der Waals surface area contributed by atoms with Gasteiger partial charge in [-0.1, -0.05) is 43.2 Å². The maximum atomic E-state index is 13.8. The van der Waals surface area contributed by atoms with E-state index in [2.05, 4.69) is 16.0 Å². The molecule has 0 aromatic heterocycles. The Labute approximate surface area is 158 Å². The molecule has 0 heterocycles. The zero-order valence-electron chi connectivity index (χ0n) is 15.3. The van der Waals surface area contributed by atoms with Gasteiger partial charge in [-0.15, -0.1) is 0 Å². The summed E-state index contributed by atoms with van der Waals surface area (Å²) in [5.74, 6) is -0.522. The summed E-state index contributed by atoms with van der Waals surface area (Å²) in [4.78, 5) is 23.7. The van der Waals surface area contributed by atoms with Gasteiger partial charge in [0.1, 0.15) is 5.82 Å². The molecule has 1 saturated carbocycles. The molecular weight excluding hydrogens is 345 g/mol. The van der Waals surface area contributed by atoms with Crippen molar-refractivity contribution in [3.05, 3.63) is 59.9 Å². The quantitative estimate of drug-likeness (QED) is 0.706. The number of carbonyl (C=O) groups excluding carboxylic acids is 2. The molecule has 0 bridgehead atoms. The molecule has 0 saturated heterocycles. The Morgan fingerprint density at radius 3 is 2.41 bits per heavy atom. The normalized spacial score (nSPS) is 15.2. The van der Waals surface area contributed by atoms with Crippen molar-refractivity contribution in [3.63, 3.8) is 0 Å². The molecule has 0 spiro atoms. The van der Waals surface area contributed by atoms with Crippen LogP contribution in [0.15, 0.2) is 48.5 Å². The molecule has 3 amide bonds. The van der Waals surface area contributed by atoms with E-state index in [0.29, 0.717) is 11.6 Å². The zero-order valence-corrected chi connectivity index (χ0v) is 15.3. The second-order valence-corrected chi connectivity index (χ2v) is 6.91. The highest BCUT2D eigenvalue weighted by molar-refractivity contribution is 5.92. The van der Waals surface area contributed by atoms with E-state index in [-0.39, 0.29) is 23.7 Å². The van der Waals surface area contributed by atoms with Crippen molar-refractivity contribution in [2.75, 3.05) is 10.6 Å². The van der Waals surface area contributed by atoms with Crippen LogP contribution in [0.25, 0.3) is 0 Å². The Kier molecular flexibility index (Phi) is 6.06. The molecule has 1 fully saturated rings. The van der Waals surface area contributed by atoms with E-state index in [4.69, 9.17) is 0 Å². The standard InChI is InChI=1S/C21H24FN3O2/c1-14(26)23-19-13-17(11-12-18(19)22)24-21(27)25-20(16-9-5-6-10-16)15-7-3-2-4-8-15/h2-4,7-8,11-13,16,20H,5-6,9-10H2,1H3,(H,23,26)(H2,24,25,27). The minimum Gasteiger partial charge on any atom is -0.331 e. The summed E-state index contributed by atoms with van der Waals surface area (Å²) in [7, 11) is 0. The summed E-state index contributed by atoms with van der Waals surface area (Å²) in [6.07, 6.45) is 4.52. The van der Waals surface area contributed by atoms with Crippen molar-refractivity contribution in [3.8, 4) is 0 Å². The van der Waals surface area contributed by atoms with E-state index in [9.17, 15) is 14.0 Å². The fourth-order valence-corrected chi connectivity index (χ4v) is 3.62. The maximum Gasteiger partial charge on any atom is 0.319 e. The third-order valence-corrected chi connectivity index (χ3v) is 4.85. The molecule has 1 aliphatic rings. The minimum atomic E-state index is -0.552. The maximum absolute atomic E-state index is 13.8. The van der Waals surface area contributed by atoms with Gasteiger partial charge in [-0.2, -0.15) is 0 Å². The van der Waals surface area contributed by atoms with E-state index in [0.717, 1.165) is 18.4 Å². The summed E-state index contributed by atoms with van der Waals surface area (Å²) >= 11 is 0. The third-order valence-electron chi connectivity index (χ3n) is 4.85. The lowest BCUT2D eigenvalue weighted by molar-refractivity contribution is -0.114. The number of carbonyl (C=O) groups is 2. The van der Waals surface area contributed by atoms with Crippen molar-refractivity contribution in [1.29, 1.82) is 0 Å². The van der Waals surface area contributed by atoms with Crippen molar-refractivity contribution in [2.45, 2.75) is 38.6 Å². The number of rotatable bonds is 5. The number of urea groups is 1. The number of nitrogens with one attached hydrogen (secondary N) is 3. The van der Waals surface area contributed by atoms with Crippen LogP contribution in [0.2, 0.25) is 0 Å². The SMILES string of the molecule is CC(=O)Nc1cc(NC(=O)NC(c2ccccc2)C2CCCC2)ccc1F. The second-order valence-electron chi connectivity index (χ2n) is 6.91. The number of hydrogen-bond donors (Lipinski definition) is 3. The summed E-state index contributed by atoms with van der Waals surface area (Å²) in [5, 5.41) is 8.22. The summed E-state index contributed by atoms with van der Waals surface area (Å²) in [6, 6.07) is 13.6. The van der Waals surface area contributed by atoms with E-state index in [1.54, 1.807) is 0 Å². The first kappa shape index (κ1) is 18.9. The summed E-state index contributed by atoms with van der Waals surface area (Å²) in [5.41, 5.74) is 1.53. The average molecular weight is 369 g/mol. The number of hydrogen-bond acceptors (Lipinski definition) is 2. The summed E-state index contributed by atoms with van der Waals surface area (Å²) < 4.78 is 13.8. The van der Waals surface area contributed by atoms with Crippen LogP contribution in [0.5, 0.6) is 0 Å². The highest BCUT2D eigenvalue weighted by Gasteiger charge is 2.27. The van der Waals surface area contributed by atoms with Crippen molar-refractivity contribution in [1.82, 2.24) is 5.32 Å². The number of amides is 3. The third kappa shape index (κ3) is 5.06. The predicted molar refractivity (Wildman–Crippen MR) is 104 cm³/mol. The topological polar surface area (TPSA) is 70.2 Å². The van der Waals surface area contributed by atoms with Crippen LogP contribution in [0.4, 0.5) is 20.6 Å². The Morgan fingerprint density at radius 2 is 1.74 bits per heavy atom. The first-order valence-electron chi connectivity index (χ1n) is 9.22. The van der Waals surface area contributed by atoms with Gasteiger partial charge in [-0.3, -0.25) is 4.79 Å². The lowest BCUT2D eigenvalue weighted by Crippen LogP contribution is -2.36. The first-order valence-corrected chi connectivity index (χ1v) is 9.22. The fourth-order valence-electron chi connectivity index (χ4n) is 3.62. The van der Waals surface area contributed by atoms with Crippen molar-refractivity contribution < 1.29 is 14.0 Å². The van der Waals surface area contributed by atoms with Crippen LogP contribution in [-0.2, 0) is 4.79 Å². The monoisotopic (exact) mass is 369 g/mol. The molecule has 27 heavy (non-hydrogen) atoms. The van der Waals surface area contributed by atoms with Crippen LogP contribution < -0.4 is 16.0 Å². The smallest absolute Gasteiger partial charge is 0.319 e. The molecule has 0 aliphatic heterocycles. The molecule has 6 heteroatoms. The van der Waals surface area contributed by atoms with Gasteiger partial charge in [0.2, 0.25) is 5.91 Å². The Morgan fingerprint density at radius 1 is 1.04 bits per heavy atom. The van der Waals surface area contributed by atoms with E-state index < -0.39 is 5.82 Å². The molecule has 0 radical (unpaired) electrons. The fraction of sp³-hybridized carbons (Fsp3) is 0.333. The molecule has 3 rings (SSSR count). The van der Waals surface area contributed by atoms with Crippen LogP contribution in [0, 0.1) is 11.7 Å². The molecule has 3 N–H and O–H groups in total. The van der Waals surface area contributed by atoms with E-state index in [1.807, 2.05) is 30.3 Å². The Hall–Kier alpha value is -2.89. The molecular formula is C21H24FN3O2. The number of anilines is 2. The number of benzene rings is 2. The van der Waals surface area contributed by atoms with Gasteiger partial charge < -0.3 is 16.0 Å². The van der Waals surface area contributed by atoms with Crippen LogP contribution in [0.3, 0.4) is 0 Å². The lowest BCUT2D eigenvalue weighted by Gasteiger charge is -2.25. The zero-order chi connectivity index (χ0) is 19.2. The molecule has 2 aromatic carbocycles. The predicted octanol–water partition coefficient (Wildman–Crippen LogP) is 4.84. The highest BCUT2D eigenvalue weighted by Crippen LogP contribution is 2.35. The van der Waals surface area contributed by atoms with Crippen LogP contribution in [0.1, 0.15) is 44.2 Å². The molecule has 142 valence electrons. The average Bonchev–Trinajstić information content (AvgIpc) is 3.17. The summed E-state index contributed by atoms with van der Waals surface area (Å²) in [6.45, 7) is 1.30. The molecule has 2 aromatic rings. The van der Waals surface area contributed by atoms with Gasteiger partial charge in [-0.25, -0.2) is 9.18 Å². The van der Waals surface area contributed by atoms with Gasteiger partial charge in [0.15, 0.2) is 0 Å². The molecule has 1 aliphatic carbocycles. The highest BCUT2D eigenvalue weighted by atomic mass is 19.1. The van der Waals surface area contributed by atoms with Crippen LogP contribution >= 0.6 is 0 Å². The van der Waals surface area contributed by atoms with Crippen LogP contribution in [-0.4, -0.2) is 11.9 Å². The lowest BCUT2D eigenvalue weighted by atomic mass is 9.92. The second kappa shape index (κ2) is 8.66. The number of halogens is 1. The van der Waals surface area contributed by atoms with Crippen molar-refractivity contribution in [2.24, 2.45) is 5.92 Å². The molecule has 5 nitrogen and oxygen atoms in total. The van der Waals surface area contributed by atoms with Gasteiger partial charge in [0.05, 0.1) is 11.7 Å². The Bertz CT molecular complexity index is 804. The van der Waals surface area contributed by atoms with Crippen molar-refractivity contribution >= 4 is 23.3 Å². The van der Waals surface area contributed by atoms with E-state index in [1.165, 1.54) is 38.0 Å². The van der Waals surface area contributed by atoms with Gasteiger partial charge >= 0.3 is 6.03 Å². The largest absolute Gasteiger partial charge is 0.331 e. The first-order chi connectivity index (χ1) is 13.0. The van der Waals surface area contributed by atoms with E-state index >= 15 is 0 Å². The van der Waals surface area contributed by atoms with Gasteiger partial charge in [0.25, 0.3) is 0 Å². The Balaban J connectivity index is 1.72. The van der Waals surface area contributed by atoms with Gasteiger partial charge in [0, 0.05) is 12.6 Å². The van der Waals surface area contributed by atoms with Gasteiger partial charge in [-0.05, 0) is 42.5 Å². The molecule has 1 unspecified atom stereocenters. The molecule has 1 atom stereocenters.